The van der Waals surface area contributed by atoms with Crippen LogP contribution in [-0.2, 0) is 9.53 Å². The lowest BCUT2D eigenvalue weighted by Gasteiger charge is -2.59. The van der Waals surface area contributed by atoms with Gasteiger partial charge in [-0.25, -0.2) is 4.79 Å². The Hall–Kier alpha value is -2.28. The van der Waals surface area contributed by atoms with Gasteiger partial charge >= 0.3 is 6.16 Å². The Bertz CT molecular complexity index is 908. The topological polar surface area (TPSA) is 82.1 Å². The van der Waals surface area contributed by atoms with E-state index >= 15 is 0 Å². The zero-order chi connectivity index (χ0) is 23.4. The molecule has 0 aromatic heterocycles. The number of hydrogen-bond acceptors (Lipinski definition) is 5. The van der Waals surface area contributed by atoms with E-state index in [2.05, 4.69) is 46.3 Å². The summed E-state index contributed by atoms with van der Waals surface area (Å²) < 4.78 is 5.41. The number of nitrogens with one attached hydrogen (secondary N) is 1. The molecule has 1 aromatic rings. The van der Waals surface area contributed by atoms with Gasteiger partial charge in [0, 0.05) is 37.9 Å². The molecule has 5 fully saturated rings. The number of piperazine rings is 1. The average Bonchev–Trinajstić information content (AvgIpc) is 2.75. The summed E-state index contributed by atoms with van der Waals surface area (Å²) in [6.45, 7) is 9.75. The summed E-state index contributed by atoms with van der Waals surface area (Å²) >= 11 is 0. The summed E-state index contributed by atoms with van der Waals surface area (Å²) in [5, 5.41) is 12.7. The molecule has 7 nitrogen and oxygen atoms in total. The Labute approximate surface area is 196 Å². The molecule has 0 spiro atoms. The second kappa shape index (κ2) is 8.19. The molecule has 5 aliphatic rings. The maximum absolute atomic E-state index is 13.5. The maximum atomic E-state index is 13.5. The molecule has 0 radical (unpaired) electrons. The molecule has 4 bridgehead atoms. The minimum absolute atomic E-state index is 0.0949. The lowest BCUT2D eigenvalue weighted by Crippen LogP contribution is -2.66. The first-order valence-corrected chi connectivity index (χ1v) is 12.5. The third kappa shape index (κ3) is 4.09. The number of rotatable bonds is 5. The van der Waals surface area contributed by atoms with Crippen molar-refractivity contribution in [1.82, 2.24) is 10.2 Å². The second-order valence-electron chi connectivity index (χ2n) is 11.3. The molecule has 1 amide bonds. The number of amides is 1. The molecule has 180 valence electrons. The van der Waals surface area contributed by atoms with Crippen LogP contribution in [0.5, 0.6) is 0 Å². The van der Waals surface area contributed by atoms with Gasteiger partial charge in [-0.1, -0.05) is 18.2 Å². The van der Waals surface area contributed by atoms with Crippen molar-refractivity contribution in [2.75, 3.05) is 31.1 Å². The van der Waals surface area contributed by atoms with E-state index in [1.165, 1.54) is 11.3 Å². The molecule has 1 aromatic carbocycles. The normalized spacial score (nSPS) is 33.7. The third-order valence-corrected chi connectivity index (χ3v) is 8.90. The van der Waals surface area contributed by atoms with E-state index in [9.17, 15) is 14.7 Å². The van der Waals surface area contributed by atoms with E-state index in [1.807, 2.05) is 13.8 Å². The van der Waals surface area contributed by atoms with Crippen LogP contribution in [-0.4, -0.2) is 65.4 Å². The molecular formula is C26H37N3O4. The summed E-state index contributed by atoms with van der Waals surface area (Å²) in [5.74, 6) is 1.25. The Morgan fingerprint density at radius 1 is 1.06 bits per heavy atom. The van der Waals surface area contributed by atoms with E-state index in [-0.39, 0.29) is 11.9 Å². The molecule has 33 heavy (non-hydrogen) atoms. The Balaban J connectivity index is 1.21. The van der Waals surface area contributed by atoms with Crippen molar-refractivity contribution in [3.8, 4) is 0 Å². The van der Waals surface area contributed by atoms with Crippen LogP contribution in [0.15, 0.2) is 24.3 Å². The zero-order valence-corrected chi connectivity index (χ0v) is 20.0. The van der Waals surface area contributed by atoms with Gasteiger partial charge < -0.3 is 20.1 Å². The number of para-hydroxylation sites is 1. The van der Waals surface area contributed by atoms with Crippen LogP contribution in [0.3, 0.4) is 0 Å². The monoisotopic (exact) mass is 455 g/mol. The van der Waals surface area contributed by atoms with Gasteiger partial charge in [0.2, 0.25) is 5.91 Å². The Kier molecular flexibility index (Phi) is 5.58. The highest BCUT2D eigenvalue weighted by Gasteiger charge is 2.58. The van der Waals surface area contributed by atoms with Crippen LogP contribution in [0, 0.1) is 24.7 Å². The smallest absolute Gasteiger partial charge is 0.450 e. The maximum Gasteiger partial charge on any atom is 0.506 e. The van der Waals surface area contributed by atoms with Gasteiger partial charge in [-0.3, -0.25) is 9.69 Å². The summed E-state index contributed by atoms with van der Waals surface area (Å²) in [5.41, 5.74) is 1.46. The zero-order valence-electron chi connectivity index (χ0n) is 20.0. The molecular weight excluding hydrogens is 418 g/mol. The van der Waals surface area contributed by atoms with E-state index < -0.39 is 17.3 Å². The summed E-state index contributed by atoms with van der Waals surface area (Å²) in [4.78, 5) is 29.5. The molecule has 7 heteroatoms. The lowest BCUT2D eigenvalue weighted by atomic mass is 9.52. The Morgan fingerprint density at radius 3 is 2.30 bits per heavy atom. The van der Waals surface area contributed by atoms with Gasteiger partial charge in [-0.2, -0.15) is 0 Å². The molecule has 2 unspecified atom stereocenters. The number of hydrogen-bond donors (Lipinski definition) is 2. The van der Waals surface area contributed by atoms with Crippen molar-refractivity contribution in [2.24, 2.45) is 17.8 Å². The van der Waals surface area contributed by atoms with Crippen molar-refractivity contribution in [2.45, 2.75) is 70.1 Å². The van der Waals surface area contributed by atoms with Gasteiger partial charge in [-0.05, 0) is 82.3 Å². The van der Waals surface area contributed by atoms with Crippen LogP contribution in [0.25, 0.3) is 0 Å². The minimum Gasteiger partial charge on any atom is -0.450 e. The highest BCUT2D eigenvalue weighted by Crippen LogP contribution is 2.57. The van der Waals surface area contributed by atoms with Crippen LogP contribution >= 0.6 is 0 Å². The van der Waals surface area contributed by atoms with E-state index in [0.29, 0.717) is 17.8 Å². The fourth-order valence-corrected chi connectivity index (χ4v) is 7.39. The standard InChI is InChI=1S/C26H37N3O4/c1-17-6-4-5-7-21(17)28-8-10-29(11-9-28)25(2,3)23(30)27-22-19-12-18-13-20(22)16-26(14-18,15-19)33-24(31)32/h4-7,18-20,22H,8-16H2,1-3H3,(H,27,30)(H,31,32). The quantitative estimate of drug-likeness (QED) is 0.660. The van der Waals surface area contributed by atoms with Gasteiger partial charge in [0.05, 0.1) is 5.54 Å². The van der Waals surface area contributed by atoms with Crippen LogP contribution in [0.2, 0.25) is 0 Å². The minimum atomic E-state index is -1.16. The third-order valence-electron chi connectivity index (χ3n) is 8.90. The van der Waals surface area contributed by atoms with E-state index in [0.717, 1.165) is 58.3 Å². The molecule has 1 heterocycles. The number of benzene rings is 1. The number of aryl methyl sites for hydroxylation is 1. The highest BCUT2D eigenvalue weighted by atomic mass is 16.7. The van der Waals surface area contributed by atoms with Crippen LogP contribution in [0.1, 0.15) is 51.5 Å². The summed E-state index contributed by atoms with van der Waals surface area (Å²) in [7, 11) is 0. The predicted octanol–water partition coefficient (Wildman–Crippen LogP) is 3.65. The summed E-state index contributed by atoms with van der Waals surface area (Å²) in [6.07, 6.45) is 3.32. The lowest BCUT2D eigenvalue weighted by molar-refractivity contribution is -0.157. The molecule has 1 aliphatic heterocycles. The number of nitrogens with zero attached hydrogens (tertiary/aromatic N) is 2. The highest BCUT2D eigenvalue weighted by molar-refractivity contribution is 5.85. The number of ether oxygens (including phenoxy) is 1. The van der Waals surface area contributed by atoms with Gasteiger partial charge in [0.1, 0.15) is 5.60 Å². The molecule has 4 aliphatic carbocycles. The molecule has 2 N–H and O–H groups in total. The second-order valence-corrected chi connectivity index (χ2v) is 11.3. The van der Waals surface area contributed by atoms with Crippen molar-refractivity contribution in [3.05, 3.63) is 29.8 Å². The first kappa shape index (κ1) is 22.5. The van der Waals surface area contributed by atoms with Crippen molar-refractivity contribution in [3.63, 3.8) is 0 Å². The first-order chi connectivity index (χ1) is 15.7. The average molecular weight is 456 g/mol. The van der Waals surface area contributed by atoms with Crippen molar-refractivity contribution in [1.29, 1.82) is 0 Å². The number of carboxylic acid groups (broad SMARTS) is 1. The fraction of sp³-hybridized carbons (Fsp3) is 0.692. The van der Waals surface area contributed by atoms with Gasteiger partial charge in [0.25, 0.3) is 0 Å². The van der Waals surface area contributed by atoms with E-state index in [4.69, 9.17) is 4.74 Å². The molecule has 2 atom stereocenters. The van der Waals surface area contributed by atoms with Gasteiger partial charge in [-0.15, -0.1) is 0 Å². The fourth-order valence-electron chi connectivity index (χ4n) is 7.39. The largest absolute Gasteiger partial charge is 0.506 e. The van der Waals surface area contributed by atoms with E-state index in [1.54, 1.807) is 0 Å². The number of carbonyl (C=O) groups excluding carboxylic acids is 1. The predicted molar refractivity (Wildman–Crippen MR) is 126 cm³/mol. The first-order valence-electron chi connectivity index (χ1n) is 12.5. The van der Waals surface area contributed by atoms with Gasteiger partial charge in [0.15, 0.2) is 0 Å². The van der Waals surface area contributed by atoms with Crippen LogP contribution in [0.4, 0.5) is 10.5 Å². The van der Waals surface area contributed by atoms with Crippen molar-refractivity contribution < 1.29 is 19.4 Å². The number of carbonyl (C=O) groups is 2. The molecule has 6 rings (SSSR count). The molecule has 1 saturated heterocycles. The van der Waals surface area contributed by atoms with Crippen LogP contribution < -0.4 is 10.2 Å². The number of anilines is 1. The SMILES string of the molecule is Cc1ccccc1N1CCN(C(C)(C)C(=O)NC2C3CC4CC2CC(OC(=O)O)(C4)C3)CC1. The Morgan fingerprint density at radius 2 is 1.70 bits per heavy atom. The summed E-state index contributed by atoms with van der Waals surface area (Å²) in [6, 6.07) is 8.61. The van der Waals surface area contributed by atoms with Crippen molar-refractivity contribution >= 4 is 17.7 Å². The molecule has 4 saturated carbocycles.